The van der Waals surface area contributed by atoms with Crippen molar-refractivity contribution in [2.75, 3.05) is 0 Å². The molecule has 7 nitrogen and oxygen atoms in total. The Bertz CT molecular complexity index is 1500. The minimum absolute atomic E-state index is 0.374. The number of benzene rings is 1. The summed E-state index contributed by atoms with van der Waals surface area (Å²) in [7, 11) is 0. The van der Waals surface area contributed by atoms with E-state index in [0.717, 1.165) is 27.0 Å². The molecule has 0 aliphatic carbocycles. The average molecular weight is 413 g/mol. The number of rotatable bonds is 3. The molecule has 0 aliphatic rings. The Morgan fingerprint density at radius 1 is 1.00 bits per heavy atom. The molecule has 5 heterocycles. The molecule has 6 rings (SSSR count). The standard InChI is InChI=1S/C21H12FN7S/c22-14-7-16-13(6-12(14)11-8-23-10-24-9-11)18(29-28-16)21-26-15-3-4-25-20(19(15)27-21)17-2-1-5-30-17/h1-10H,(H,26,27)(H,28,29). The van der Waals surface area contributed by atoms with Crippen molar-refractivity contribution in [3.63, 3.8) is 0 Å². The summed E-state index contributed by atoms with van der Waals surface area (Å²) in [5.41, 5.74) is 4.64. The summed E-state index contributed by atoms with van der Waals surface area (Å²) in [6.45, 7) is 0. The lowest BCUT2D eigenvalue weighted by molar-refractivity contribution is 0.632. The maximum absolute atomic E-state index is 14.7. The number of imidazole rings is 1. The van der Waals surface area contributed by atoms with E-state index in [4.69, 9.17) is 4.98 Å². The van der Waals surface area contributed by atoms with E-state index in [9.17, 15) is 4.39 Å². The number of halogens is 1. The van der Waals surface area contributed by atoms with Gasteiger partial charge in [-0.05, 0) is 23.6 Å². The molecule has 0 spiro atoms. The van der Waals surface area contributed by atoms with Gasteiger partial charge in [0.1, 0.15) is 29.0 Å². The van der Waals surface area contributed by atoms with Crippen LogP contribution in [0.2, 0.25) is 0 Å². The minimum Gasteiger partial charge on any atom is -0.336 e. The van der Waals surface area contributed by atoms with Crippen LogP contribution < -0.4 is 0 Å². The van der Waals surface area contributed by atoms with Crippen LogP contribution in [0, 0.1) is 5.82 Å². The number of nitrogens with zero attached hydrogens (tertiary/aromatic N) is 5. The predicted molar refractivity (Wildman–Crippen MR) is 113 cm³/mol. The molecule has 0 aliphatic heterocycles. The molecule has 0 amide bonds. The van der Waals surface area contributed by atoms with Crippen LogP contribution in [0.15, 0.2) is 60.6 Å². The van der Waals surface area contributed by atoms with Gasteiger partial charge < -0.3 is 4.98 Å². The van der Waals surface area contributed by atoms with Gasteiger partial charge in [0.15, 0.2) is 5.82 Å². The van der Waals surface area contributed by atoms with Gasteiger partial charge in [0.05, 0.1) is 15.9 Å². The third kappa shape index (κ3) is 2.60. The Kier molecular flexibility index (Phi) is 3.68. The summed E-state index contributed by atoms with van der Waals surface area (Å²) in [4.78, 5) is 21.6. The molecule has 6 aromatic rings. The van der Waals surface area contributed by atoms with Crippen LogP contribution >= 0.6 is 11.3 Å². The second-order valence-electron chi connectivity index (χ2n) is 6.70. The lowest BCUT2D eigenvalue weighted by atomic mass is 10.0. The predicted octanol–water partition coefficient (Wildman–Crippen LogP) is 4.83. The van der Waals surface area contributed by atoms with Crippen LogP contribution in [-0.2, 0) is 0 Å². The first kappa shape index (κ1) is 16.9. The number of aromatic nitrogens is 7. The van der Waals surface area contributed by atoms with Crippen molar-refractivity contribution in [3.8, 4) is 33.2 Å². The third-order valence-electron chi connectivity index (χ3n) is 4.90. The van der Waals surface area contributed by atoms with Crippen molar-refractivity contribution in [1.82, 2.24) is 35.1 Å². The first-order valence-corrected chi connectivity index (χ1v) is 9.98. The molecule has 0 bridgehead atoms. The highest BCUT2D eigenvalue weighted by Gasteiger charge is 2.18. The number of nitrogens with one attached hydrogen (secondary N) is 2. The summed E-state index contributed by atoms with van der Waals surface area (Å²) in [5, 5.41) is 10.1. The molecule has 0 atom stereocenters. The monoisotopic (exact) mass is 413 g/mol. The molecule has 0 saturated heterocycles. The number of pyridine rings is 1. The molecule has 0 fully saturated rings. The van der Waals surface area contributed by atoms with Crippen LogP contribution in [0.4, 0.5) is 4.39 Å². The highest BCUT2D eigenvalue weighted by atomic mass is 32.1. The van der Waals surface area contributed by atoms with Gasteiger partial charge in [-0.15, -0.1) is 11.3 Å². The van der Waals surface area contributed by atoms with Gasteiger partial charge in [0.25, 0.3) is 0 Å². The first-order chi connectivity index (χ1) is 14.8. The maximum atomic E-state index is 14.7. The number of thiophene rings is 1. The normalized spacial score (nSPS) is 11.5. The molecule has 0 unspecified atom stereocenters. The molecule has 5 aromatic heterocycles. The van der Waals surface area contributed by atoms with Gasteiger partial charge in [0.2, 0.25) is 0 Å². The van der Waals surface area contributed by atoms with E-state index in [1.54, 1.807) is 36.0 Å². The van der Waals surface area contributed by atoms with Crippen LogP contribution in [0.25, 0.3) is 55.2 Å². The Hall–Kier alpha value is -3.98. The van der Waals surface area contributed by atoms with Crippen LogP contribution in [-0.4, -0.2) is 35.1 Å². The number of hydrogen-bond acceptors (Lipinski definition) is 6. The lowest BCUT2D eigenvalue weighted by Gasteiger charge is -2.03. The zero-order valence-electron chi connectivity index (χ0n) is 15.3. The molecule has 144 valence electrons. The largest absolute Gasteiger partial charge is 0.336 e. The summed E-state index contributed by atoms with van der Waals surface area (Å²) < 4.78 is 14.7. The van der Waals surface area contributed by atoms with Gasteiger partial charge in [-0.25, -0.2) is 19.3 Å². The Morgan fingerprint density at radius 3 is 2.73 bits per heavy atom. The van der Waals surface area contributed by atoms with Gasteiger partial charge in [0, 0.05) is 41.2 Å². The molecule has 0 radical (unpaired) electrons. The molecule has 0 saturated carbocycles. The smallest absolute Gasteiger partial charge is 0.159 e. The van der Waals surface area contributed by atoms with E-state index in [1.807, 2.05) is 23.6 Å². The summed E-state index contributed by atoms with van der Waals surface area (Å²) >= 11 is 1.61. The van der Waals surface area contributed by atoms with Gasteiger partial charge in [-0.2, -0.15) is 5.10 Å². The van der Waals surface area contributed by atoms with E-state index in [1.165, 1.54) is 12.4 Å². The number of H-pyrrole nitrogens is 2. The summed E-state index contributed by atoms with van der Waals surface area (Å²) in [5.74, 6) is 0.213. The summed E-state index contributed by atoms with van der Waals surface area (Å²) in [6.07, 6.45) is 6.33. The minimum atomic E-state index is -0.374. The highest BCUT2D eigenvalue weighted by Crippen LogP contribution is 2.34. The van der Waals surface area contributed by atoms with E-state index in [2.05, 4.69) is 30.1 Å². The van der Waals surface area contributed by atoms with Gasteiger partial charge in [-0.3, -0.25) is 10.1 Å². The molecule has 9 heteroatoms. The fourth-order valence-electron chi connectivity index (χ4n) is 3.52. The first-order valence-electron chi connectivity index (χ1n) is 9.10. The second kappa shape index (κ2) is 6.53. The Balaban J connectivity index is 1.55. The summed E-state index contributed by atoms with van der Waals surface area (Å²) in [6, 6.07) is 9.05. The van der Waals surface area contributed by atoms with Gasteiger partial charge >= 0.3 is 0 Å². The van der Waals surface area contributed by atoms with Gasteiger partial charge in [-0.1, -0.05) is 6.07 Å². The van der Waals surface area contributed by atoms with E-state index < -0.39 is 0 Å². The quantitative estimate of drug-likeness (QED) is 0.433. The van der Waals surface area contributed by atoms with E-state index in [0.29, 0.717) is 28.2 Å². The third-order valence-corrected chi connectivity index (χ3v) is 5.78. The number of fused-ring (bicyclic) bond motifs is 2. The fourth-order valence-corrected chi connectivity index (χ4v) is 4.24. The molecule has 1 aromatic carbocycles. The topological polar surface area (TPSA) is 96.0 Å². The van der Waals surface area contributed by atoms with Crippen molar-refractivity contribution in [2.45, 2.75) is 0 Å². The Morgan fingerprint density at radius 2 is 1.90 bits per heavy atom. The van der Waals surface area contributed by atoms with Crippen molar-refractivity contribution in [2.24, 2.45) is 0 Å². The maximum Gasteiger partial charge on any atom is 0.159 e. The van der Waals surface area contributed by atoms with E-state index in [-0.39, 0.29) is 5.82 Å². The zero-order chi connectivity index (χ0) is 20.1. The number of aromatic amines is 2. The number of hydrogen-bond donors (Lipinski definition) is 2. The van der Waals surface area contributed by atoms with Crippen LogP contribution in [0.1, 0.15) is 0 Å². The highest BCUT2D eigenvalue weighted by molar-refractivity contribution is 7.13. The zero-order valence-corrected chi connectivity index (χ0v) is 16.1. The molecule has 2 N–H and O–H groups in total. The second-order valence-corrected chi connectivity index (χ2v) is 7.64. The van der Waals surface area contributed by atoms with Crippen molar-refractivity contribution in [3.05, 3.63) is 66.4 Å². The van der Waals surface area contributed by atoms with Crippen molar-refractivity contribution >= 4 is 33.3 Å². The van der Waals surface area contributed by atoms with Crippen LogP contribution in [0.3, 0.4) is 0 Å². The van der Waals surface area contributed by atoms with Crippen molar-refractivity contribution < 1.29 is 4.39 Å². The average Bonchev–Trinajstić information content (AvgIpc) is 3.52. The fraction of sp³-hybridized carbons (Fsp3) is 0. The Labute approximate surface area is 172 Å². The molecule has 30 heavy (non-hydrogen) atoms. The molecular weight excluding hydrogens is 401 g/mol. The molecular formula is C21H12FN7S. The lowest BCUT2D eigenvalue weighted by Crippen LogP contribution is -1.88. The van der Waals surface area contributed by atoms with Crippen molar-refractivity contribution in [1.29, 1.82) is 0 Å². The van der Waals surface area contributed by atoms with E-state index >= 15 is 0 Å². The SMILES string of the molecule is Fc1cc2[nH]nc(-c3nc4c(-c5cccs5)nccc4[nH]3)c2cc1-c1cncnc1. The van der Waals surface area contributed by atoms with Crippen LogP contribution in [0.5, 0.6) is 0 Å².